The maximum Gasteiger partial charge on any atom is 0.226 e. The standard InChI is InChI=1S/C15H11N2S/c16-9-13-7-4-8-14-15(13)18-11-17(14)10-12-5-2-1-3-6-12/h1-8,11H,10H2/q+1. The van der Waals surface area contributed by atoms with Crippen LogP contribution in [0.5, 0.6) is 0 Å². The smallest absolute Gasteiger partial charge is 0.192 e. The molecule has 0 saturated carbocycles. The molecule has 18 heavy (non-hydrogen) atoms. The summed E-state index contributed by atoms with van der Waals surface area (Å²) in [7, 11) is 0. The fourth-order valence-electron chi connectivity index (χ4n) is 2.04. The highest BCUT2D eigenvalue weighted by Crippen LogP contribution is 2.20. The Kier molecular flexibility index (Phi) is 2.79. The van der Waals surface area contributed by atoms with Crippen LogP contribution in [0.3, 0.4) is 0 Å². The SMILES string of the molecule is N#Cc1cccc2c1sc[n+]2Cc1ccccc1. The third kappa shape index (κ3) is 1.87. The normalized spacial score (nSPS) is 10.4. The van der Waals surface area contributed by atoms with Crippen LogP contribution in [0.1, 0.15) is 11.1 Å². The minimum Gasteiger partial charge on any atom is -0.192 e. The summed E-state index contributed by atoms with van der Waals surface area (Å²) in [5.74, 6) is 0. The molecule has 0 amide bonds. The maximum absolute atomic E-state index is 9.08. The van der Waals surface area contributed by atoms with Gasteiger partial charge >= 0.3 is 0 Å². The second-order valence-electron chi connectivity index (χ2n) is 4.10. The molecular weight excluding hydrogens is 240 g/mol. The highest BCUT2D eigenvalue weighted by atomic mass is 32.1. The Morgan fingerprint density at radius 1 is 1.06 bits per heavy atom. The molecule has 0 aliphatic heterocycles. The Bertz CT molecular complexity index is 723. The van der Waals surface area contributed by atoms with Crippen molar-refractivity contribution in [3.05, 3.63) is 65.2 Å². The van der Waals surface area contributed by atoms with E-state index in [2.05, 4.69) is 34.3 Å². The molecule has 0 N–H and O–H groups in total. The second-order valence-corrected chi connectivity index (χ2v) is 4.96. The van der Waals surface area contributed by atoms with E-state index < -0.39 is 0 Å². The average Bonchev–Trinajstić information content (AvgIpc) is 2.83. The molecule has 3 rings (SSSR count). The van der Waals surface area contributed by atoms with Crippen molar-refractivity contribution in [3.8, 4) is 6.07 Å². The fraction of sp³-hybridized carbons (Fsp3) is 0.0667. The van der Waals surface area contributed by atoms with E-state index in [0.717, 1.165) is 22.3 Å². The molecule has 0 saturated heterocycles. The van der Waals surface area contributed by atoms with Crippen molar-refractivity contribution in [3.63, 3.8) is 0 Å². The number of nitriles is 1. The quantitative estimate of drug-likeness (QED) is 0.643. The molecule has 0 unspecified atom stereocenters. The highest BCUT2D eigenvalue weighted by Gasteiger charge is 2.14. The van der Waals surface area contributed by atoms with Crippen LogP contribution in [0.4, 0.5) is 0 Å². The summed E-state index contributed by atoms with van der Waals surface area (Å²) < 4.78 is 3.26. The first kappa shape index (κ1) is 10.9. The predicted molar refractivity (Wildman–Crippen MR) is 72.3 cm³/mol. The van der Waals surface area contributed by atoms with Gasteiger partial charge in [-0.2, -0.15) is 9.83 Å². The summed E-state index contributed by atoms with van der Waals surface area (Å²) in [6.07, 6.45) is 0. The van der Waals surface area contributed by atoms with Crippen LogP contribution >= 0.6 is 11.3 Å². The van der Waals surface area contributed by atoms with Gasteiger partial charge < -0.3 is 0 Å². The van der Waals surface area contributed by atoms with Crippen LogP contribution in [-0.4, -0.2) is 0 Å². The molecule has 3 heteroatoms. The number of benzene rings is 2. The van der Waals surface area contributed by atoms with Gasteiger partial charge in [-0.05, 0) is 6.07 Å². The van der Waals surface area contributed by atoms with E-state index in [1.54, 1.807) is 11.3 Å². The summed E-state index contributed by atoms with van der Waals surface area (Å²) in [5.41, 5.74) is 5.23. The highest BCUT2D eigenvalue weighted by molar-refractivity contribution is 7.16. The maximum atomic E-state index is 9.08. The van der Waals surface area contributed by atoms with Crippen LogP contribution in [0.25, 0.3) is 10.2 Å². The van der Waals surface area contributed by atoms with E-state index in [9.17, 15) is 0 Å². The van der Waals surface area contributed by atoms with E-state index in [4.69, 9.17) is 5.26 Å². The molecule has 0 spiro atoms. The van der Waals surface area contributed by atoms with E-state index in [0.29, 0.717) is 0 Å². The van der Waals surface area contributed by atoms with Gasteiger partial charge in [-0.15, -0.1) is 0 Å². The van der Waals surface area contributed by atoms with Gasteiger partial charge in [0.15, 0.2) is 6.54 Å². The molecule has 0 fully saturated rings. The number of thiazole rings is 1. The number of nitrogens with zero attached hydrogens (tertiary/aromatic N) is 2. The van der Waals surface area contributed by atoms with Crippen molar-refractivity contribution in [2.24, 2.45) is 0 Å². The number of fused-ring (bicyclic) bond motifs is 1. The number of rotatable bonds is 2. The number of hydrogen-bond donors (Lipinski definition) is 0. The largest absolute Gasteiger partial charge is 0.226 e. The van der Waals surface area contributed by atoms with E-state index >= 15 is 0 Å². The predicted octanol–water partition coefficient (Wildman–Crippen LogP) is 3.11. The van der Waals surface area contributed by atoms with Gasteiger partial charge in [-0.3, -0.25) is 0 Å². The first-order valence-corrected chi connectivity index (χ1v) is 6.60. The van der Waals surface area contributed by atoms with Crippen LogP contribution in [0.15, 0.2) is 54.0 Å². The first-order valence-electron chi connectivity index (χ1n) is 5.72. The zero-order valence-electron chi connectivity index (χ0n) is 9.71. The molecule has 0 radical (unpaired) electrons. The number of hydrogen-bond acceptors (Lipinski definition) is 2. The van der Waals surface area contributed by atoms with E-state index in [1.807, 2.05) is 30.3 Å². The summed E-state index contributed by atoms with van der Waals surface area (Å²) in [6.45, 7) is 0.843. The van der Waals surface area contributed by atoms with Crippen LogP contribution < -0.4 is 4.57 Å². The summed E-state index contributed by atoms with van der Waals surface area (Å²) >= 11 is 1.62. The van der Waals surface area contributed by atoms with Crippen molar-refractivity contribution in [1.29, 1.82) is 5.26 Å². The van der Waals surface area contributed by atoms with Crippen molar-refractivity contribution in [2.75, 3.05) is 0 Å². The fourth-order valence-corrected chi connectivity index (χ4v) is 3.01. The second kappa shape index (κ2) is 4.59. The molecule has 86 valence electrons. The average molecular weight is 251 g/mol. The summed E-state index contributed by atoms with van der Waals surface area (Å²) in [6, 6.07) is 18.5. The molecule has 1 heterocycles. The Morgan fingerprint density at radius 2 is 1.89 bits per heavy atom. The van der Waals surface area contributed by atoms with Gasteiger partial charge in [0.25, 0.3) is 0 Å². The Balaban J connectivity index is 2.07. The molecule has 3 aromatic rings. The lowest BCUT2D eigenvalue weighted by molar-refractivity contribution is -0.658. The van der Waals surface area contributed by atoms with E-state index in [1.165, 1.54) is 5.56 Å². The summed E-state index contributed by atoms with van der Waals surface area (Å²) in [4.78, 5) is 0. The third-order valence-corrected chi connectivity index (χ3v) is 3.94. The molecule has 0 aliphatic carbocycles. The van der Waals surface area contributed by atoms with Crippen LogP contribution in [-0.2, 0) is 6.54 Å². The van der Waals surface area contributed by atoms with Gasteiger partial charge in [0.05, 0.1) is 5.56 Å². The Labute approximate surface area is 109 Å². The van der Waals surface area contributed by atoms with Gasteiger partial charge in [0, 0.05) is 11.6 Å². The topological polar surface area (TPSA) is 27.7 Å². The van der Waals surface area contributed by atoms with Crippen LogP contribution in [0, 0.1) is 11.3 Å². The first-order chi connectivity index (χ1) is 8.88. The monoisotopic (exact) mass is 251 g/mol. The molecular formula is C15H11N2S+. The molecule has 2 aromatic carbocycles. The van der Waals surface area contributed by atoms with Gasteiger partial charge in [-0.25, -0.2) is 0 Å². The van der Waals surface area contributed by atoms with Gasteiger partial charge in [0.2, 0.25) is 11.0 Å². The zero-order chi connectivity index (χ0) is 12.4. The van der Waals surface area contributed by atoms with Crippen molar-refractivity contribution in [1.82, 2.24) is 0 Å². The van der Waals surface area contributed by atoms with Crippen molar-refractivity contribution >= 4 is 21.6 Å². The molecule has 0 bridgehead atoms. The lowest BCUT2D eigenvalue weighted by atomic mass is 10.2. The third-order valence-electron chi connectivity index (χ3n) is 2.92. The zero-order valence-corrected chi connectivity index (χ0v) is 10.5. The molecule has 0 atom stereocenters. The van der Waals surface area contributed by atoms with Crippen molar-refractivity contribution < 1.29 is 4.57 Å². The summed E-state index contributed by atoms with van der Waals surface area (Å²) in [5, 5.41) is 9.08. The minimum absolute atomic E-state index is 0.754. The van der Waals surface area contributed by atoms with Crippen LogP contribution in [0.2, 0.25) is 0 Å². The lowest BCUT2D eigenvalue weighted by Gasteiger charge is -1.95. The Hall–Kier alpha value is -2.18. The van der Waals surface area contributed by atoms with E-state index in [-0.39, 0.29) is 0 Å². The van der Waals surface area contributed by atoms with Gasteiger partial charge in [0.1, 0.15) is 10.8 Å². The van der Waals surface area contributed by atoms with Crippen molar-refractivity contribution in [2.45, 2.75) is 6.54 Å². The number of aromatic nitrogens is 1. The molecule has 0 aliphatic rings. The molecule has 1 aromatic heterocycles. The molecule has 2 nitrogen and oxygen atoms in total. The lowest BCUT2D eigenvalue weighted by Crippen LogP contribution is -2.31. The Morgan fingerprint density at radius 3 is 2.67 bits per heavy atom. The minimum atomic E-state index is 0.754. The van der Waals surface area contributed by atoms with Gasteiger partial charge in [-0.1, -0.05) is 47.7 Å².